The highest BCUT2D eigenvalue weighted by Gasteiger charge is 2.00. The van der Waals surface area contributed by atoms with Crippen LogP contribution in [0.15, 0.2) is 22.7 Å². The summed E-state index contributed by atoms with van der Waals surface area (Å²) in [6, 6.07) is 6.17. The van der Waals surface area contributed by atoms with Crippen molar-refractivity contribution >= 4 is 15.9 Å². The summed E-state index contributed by atoms with van der Waals surface area (Å²) in [5.41, 5.74) is 1.28. The summed E-state index contributed by atoms with van der Waals surface area (Å²) in [5.74, 6) is 0.882. The monoisotopic (exact) mass is 271 g/mol. The molecule has 0 bridgehead atoms. The van der Waals surface area contributed by atoms with Crippen molar-refractivity contribution in [2.45, 2.75) is 26.3 Å². The molecular weight excluding hydrogens is 254 g/mol. The summed E-state index contributed by atoms with van der Waals surface area (Å²) in [5, 5.41) is 3.41. The Kier molecular flexibility index (Phi) is 5.73. The van der Waals surface area contributed by atoms with Crippen LogP contribution in [-0.2, 0) is 6.54 Å². The van der Waals surface area contributed by atoms with Gasteiger partial charge < -0.3 is 10.1 Å². The first kappa shape index (κ1) is 12.5. The van der Waals surface area contributed by atoms with Crippen LogP contribution >= 0.6 is 15.9 Å². The van der Waals surface area contributed by atoms with Gasteiger partial charge >= 0.3 is 0 Å². The van der Waals surface area contributed by atoms with Crippen LogP contribution in [0.5, 0.6) is 5.75 Å². The first-order valence-corrected chi connectivity index (χ1v) is 6.10. The largest absolute Gasteiger partial charge is 0.496 e. The molecule has 0 amide bonds. The first-order valence-electron chi connectivity index (χ1n) is 5.31. The van der Waals surface area contributed by atoms with E-state index in [1.165, 1.54) is 18.4 Å². The van der Waals surface area contributed by atoms with E-state index in [1.807, 2.05) is 6.07 Å². The van der Waals surface area contributed by atoms with E-state index in [9.17, 15) is 0 Å². The number of methoxy groups -OCH3 is 1. The maximum Gasteiger partial charge on any atom is 0.133 e. The van der Waals surface area contributed by atoms with Crippen molar-refractivity contribution in [1.29, 1.82) is 0 Å². The van der Waals surface area contributed by atoms with E-state index in [1.54, 1.807) is 7.11 Å². The Morgan fingerprint density at radius 2 is 2.20 bits per heavy atom. The zero-order chi connectivity index (χ0) is 11.1. The van der Waals surface area contributed by atoms with Crippen molar-refractivity contribution in [3.63, 3.8) is 0 Å². The molecule has 0 saturated carbocycles. The standard InChI is InChI=1S/C12H18BrNO/c1-3-4-7-14-9-10-5-6-12(15-2)11(13)8-10/h5-6,8,14H,3-4,7,9H2,1-2H3. The SMILES string of the molecule is CCCCNCc1ccc(OC)c(Br)c1. The summed E-state index contributed by atoms with van der Waals surface area (Å²) in [4.78, 5) is 0. The fourth-order valence-corrected chi connectivity index (χ4v) is 1.94. The van der Waals surface area contributed by atoms with Gasteiger partial charge in [0.1, 0.15) is 5.75 Å². The van der Waals surface area contributed by atoms with Crippen LogP contribution in [0.1, 0.15) is 25.3 Å². The summed E-state index contributed by atoms with van der Waals surface area (Å²) in [6.45, 7) is 4.20. The fraction of sp³-hybridized carbons (Fsp3) is 0.500. The molecule has 15 heavy (non-hydrogen) atoms. The van der Waals surface area contributed by atoms with Crippen molar-refractivity contribution in [2.75, 3.05) is 13.7 Å². The van der Waals surface area contributed by atoms with E-state index < -0.39 is 0 Å². The topological polar surface area (TPSA) is 21.3 Å². The maximum atomic E-state index is 5.18. The van der Waals surface area contributed by atoms with Crippen molar-refractivity contribution in [3.05, 3.63) is 28.2 Å². The third kappa shape index (κ3) is 4.22. The van der Waals surface area contributed by atoms with Crippen LogP contribution in [0.3, 0.4) is 0 Å². The highest BCUT2D eigenvalue weighted by Crippen LogP contribution is 2.25. The summed E-state index contributed by atoms with van der Waals surface area (Å²) in [7, 11) is 1.68. The van der Waals surface area contributed by atoms with Gasteiger partial charge in [0.15, 0.2) is 0 Å². The maximum absolute atomic E-state index is 5.18. The number of halogens is 1. The summed E-state index contributed by atoms with van der Waals surface area (Å²) < 4.78 is 6.19. The molecule has 0 unspecified atom stereocenters. The molecule has 0 atom stereocenters. The van der Waals surface area contributed by atoms with Gasteiger partial charge in [-0.3, -0.25) is 0 Å². The van der Waals surface area contributed by atoms with Gasteiger partial charge in [-0.2, -0.15) is 0 Å². The average Bonchev–Trinajstić information content (AvgIpc) is 2.25. The lowest BCUT2D eigenvalue weighted by atomic mass is 10.2. The summed E-state index contributed by atoms with van der Waals surface area (Å²) >= 11 is 3.48. The molecular formula is C12H18BrNO. The second kappa shape index (κ2) is 6.85. The van der Waals surface area contributed by atoms with Gasteiger partial charge in [-0.05, 0) is 46.6 Å². The van der Waals surface area contributed by atoms with Crippen LogP contribution in [0.25, 0.3) is 0 Å². The molecule has 0 aliphatic heterocycles. The van der Waals surface area contributed by atoms with Gasteiger partial charge in [0, 0.05) is 6.54 Å². The third-order valence-electron chi connectivity index (χ3n) is 2.25. The normalized spacial score (nSPS) is 10.3. The molecule has 0 heterocycles. The number of rotatable bonds is 6. The minimum absolute atomic E-state index is 0.882. The van der Waals surface area contributed by atoms with Crippen molar-refractivity contribution in [1.82, 2.24) is 5.32 Å². The lowest BCUT2D eigenvalue weighted by molar-refractivity contribution is 0.412. The first-order chi connectivity index (χ1) is 7.27. The van der Waals surface area contributed by atoms with Gasteiger partial charge in [0.25, 0.3) is 0 Å². The third-order valence-corrected chi connectivity index (χ3v) is 2.87. The zero-order valence-corrected chi connectivity index (χ0v) is 10.9. The molecule has 0 aliphatic carbocycles. The minimum Gasteiger partial charge on any atom is -0.496 e. The molecule has 1 rings (SSSR count). The van der Waals surface area contributed by atoms with Crippen LogP contribution < -0.4 is 10.1 Å². The number of unbranched alkanes of at least 4 members (excludes halogenated alkanes) is 1. The van der Waals surface area contributed by atoms with Crippen molar-refractivity contribution in [3.8, 4) is 5.75 Å². The van der Waals surface area contributed by atoms with Crippen molar-refractivity contribution in [2.24, 2.45) is 0 Å². The van der Waals surface area contributed by atoms with E-state index in [0.717, 1.165) is 23.3 Å². The van der Waals surface area contributed by atoms with Gasteiger partial charge in [-0.15, -0.1) is 0 Å². The Bertz CT molecular complexity index is 302. The number of hydrogen-bond acceptors (Lipinski definition) is 2. The smallest absolute Gasteiger partial charge is 0.133 e. The molecule has 0 aromatic heterocycles. The van der Waals surface area contributed by atoms with Crippen LogP contribution in [0, 0.1) is 0 Å². The Balaban J connectivity index is 2.45. The van der Waals surface area contributed by atoms with Crippen LogP contribution in [-0.4, -0.2) is 13.7 Å². The number of ether oxygens (including phenoxy) is 1. The Hall–Kier alpha value is -0.540. The molecule has 3 heteroatoms. The second-order valence-corrected chi connectivity index (χ2v) is 4.35. The molecule has 1 N–H and O–H groups in total. The van der Waals surface area contributed by atoms with E-state index in [-0.39, 0.29) is 0 Å². The van der Waals surface area contributed by atoms with Crippen molar-refractivity contribution < 1.29 is 4.74 Å². The van der Waals surface area contributed by atoms with Gasteiger partial charge in [-0.1, -0.05) is 19.4 Å². The highest BCUT2D eigenvalue weighted by molar-refractivity contribution is 9.10. The fourth-order valence-electron chi connectivity index (χ4n) is 1.35. The highest BCUT2D eigenvalue weighted by atomic mass is 79.9. The second-order valence-electron chi connectivity index (χ2n) is 3.50. The quantitative estimate of drug-likeness (QED) is 0.802. The molecule has 84 valence electrons. The predicted molar refractivity (Wildman–Crippen MR) is 67.3 cm³/mol. The minimum atomic E-state index is 0.882. The number of hydrogen-bond donors (Lipinski definition) is 1. The Morgan fingerprint density at radius 3 is 2.80 bits per heavy atom. The lowest BCUT2D eigenvalue weighted by Gasteiger charge is -2.07. The van der Waals surface area contributed by atoms with E-state index >= 15 is 0 Å². The lowest BCUT2D eigenvalue weighted by Crippen LogP contribution is -2.14. The molecule has 1 aromatic carbocycles. The molecule has 0 fully saturated rings. The van der Waals surface area contributed by atoms with Gasteiger partial charge in [0.05, 0.1) is 11.6 Å². The molecule has 0 saturated heterocycles. The van der Waals surface area contributed by atoms with E-state index in [0.29, 0.717) is 0 Å². The van der Waals surface area contributed by atoms with E-state index in [4.69, 9.17) is 4.74 Å². The molecule has 2 nitrogen and oxygen atoms in total. The Morgan fingerprint density at radius 1 is 1.40 bits per heavy atom. The summed E-state index contributed by atoms with van der Waals surface area (Å²) in [6.07, 6.45) is 2.47. The molecule has 0 spiro atoms. The van der Waals surface area contributed by atoms with Crippen LogP contribution in [0.4, 0.5) is 0 Å². The van der Waals surface area contributed by atoms with Gasteiger partial charge in [-0.25, -0.2) is 0 Å². The molecule has 0 aliphatic rings. The number of benzene rings is 1. The molecule has 1 aromatic rings. The zero-order valence-electron chi connectivity index (χ0n) is 9.35. The number of nitrogens with one attached hydrogen (secondary N) is 1. The molecule has 0 radical (unpaired) electrons. The average molecular weight is 272 g/mol. The predicted octanol–water partition coefficient (Wildman–Crippen LogP) is 3.35. The Labute approximate surface area is 100 Å². The van der Waals surface area contributed by atoms with Gasteiger partial charge in [0.2, 0.25) is 0 Å². The van der Waals surface area contributed by atoms with Crippen LogP contribution in [0.2, 0.25) is 0 Å². The van der Waals surface area contributed by atoms with E-state index in [2.05, 4.69) is 40.3 Å².